The van der Waals surface area contributed by atoms with Crippen molar-refractivity contribution < 1.29 is 14.1 Å². The predicted octanol–water partition coefficient (Wildman–Crippen LogP) is 5.30. The number of nitriles is 1. The second-order valence-electron chi connectivity index (χ2n) is 7.57. The molecule has 1 N–H and O–H groups in total. The van der Waals surface area contributed by atoms with E-state index in [0.717, 1.165) is 41.0 Å². The van der Waals surface area contributed by atoms with Crippen molar-refractivity contribution in [3.63, 3.8) is 0 Å². The van der Waals surface area contributed by atoms with E-state index in [-0.39, 0.29) is 5.75 Å². The van der Waals surface area contributed by atoms with E-state index < -0.39 is 16.9 Å². The SMILES string of the molecule is CCCC[S@@](=O)C[C@H](O)CSc1nc(-c2ccc(OC)cc2)cc(-c2ccccc2)c1C#N. The number of hydrogen-bond acceptors (Lipinski definition) is 6. The minimum atomic E-state index is -1.05. The lowest BCUT2D eigenvalue weighted by atomic mass is 9.99. The maximum Gasteiger partial charge on any atom is 0.118 e. The highest BCUT2D eigenvalue weighted by Gasteiger charge is 2.18. The molecule has 1 aromatic heterocycles. The average Bonchev–Trinajstić information content (AvgIpc) is 2.86. The number of aliphatic hydroxyl groups excluding tert-OH is 1. The van der Waals surface area contributed by atoms with Crippen LogP contribution in [0.1, 0.15) is 25.3 Å². The molecule has 0 unspecified atom stereocenters. The number of hydrogen-bond donors (Lipinski definition) is 1. The summed E-state index contributed by atoms with van der Waals surface area (Å²) < 4.78 is 17.4. The van der Waals surface area contributed by atoms with Gasteiger partial charge in [0.15, 0.2) is 0 Å². The normalized spacial score (nSPS) is 12.7. The molecule has 172 valence electrons. The van der Waals surface area contributed by atoms with Gasteiger partial charge in [-0.15, -0.1) is 11.8 Å². The standard InChI is InChI=1S/C26H28N2O3S2/c1-3-4-14-33(30)18-21(29)17-32-26-24(16-27)23(19-8-6-5-7-9-19)15-25(28-26)20-10-12-22(31-2)13-11-20/h5-13,15,21,29H,3-4,14,17-18H2,1-2H3/t21-,33-/m1/s1. The molecular formula is C26H28N2O3S2. The van der Waals surface area contributed by atoms with Crippen LogP contribution in [0.2, 0.25) is 0 Å². The molecule has 2 atom stereocenters. The number of methoxy groups -OCH3 is 1. The molecule has 0 saturated carbocycles. The molecule has 0 aliphatic rings. The molecule has 0 radical (unpaired) electrons. The summed E-state index contributed by atoms with van der Waals surface area (Å²) in [5.41, 5.74) is 3.83. The van der Waals surface area contributed by atoms with Gasteiger partial charge in [0.25, 0.3) is 0 Å². The number of rotatable bonds is 11. The summed E-state index contributed by atoms with van der Waals surface area (Å²) in [5.74, 6) is 1.91. The van der Waals surface area contributed by atoms with Crippen LogP contribution in [0.5, 0.6) is 5.75 Å². The largest absolute Gasteiger partial charge is 0.497 e. The smallest absolute Gasteiger partial charge is 0.118 e. The lowest BCUT2D eigenvalue weighted by molar-refractivity contribution is 0.224. The summed E-state index contributed by atoms with van der Waals surface area (Å²) in [6.45, 7) is 2.05. The second kappa shape index (κ2) is 12.5. The van der Waals surface area contributed by atoms with Crippen LogP contribution in [0.25, 0.3) is 22.4 Å². The Labute approximate surface area is 202 Å². The number of aliphatic hydroxyl groups is 1. The Kier molecular flexibility index (Phi) is 9.49. The summed E-state index contributed by atoms with van der Waals surface area (Å²) >= 11 is 1.33. The molecule has 5 nitrogen and oxygen atoms in total. The molecule has 0 amide bonds. The van der Waals surface area contributed by atoms with E-state index >= 15 is 0 Å². The highest BCUT2D eigenvalue weighted by atomic mass is 32.2. The second-order valence-corrected chi connectivity index (χ2v) is 10.2. The molecule has 33 heavy (non-hydrogen) atoms. The molecule has 3 aromatic rings. The fraction of sp³-hybridized carbons (Fsp3) is 0.308. The van der Waals surface area contributed by atoms with Gasteiger partial charge in [0, 0.05) is 33.4 Å². The van der Waals surface area contributed by atoms with Gasteiger partial charge in [0.05, 0.1) is 30.2 Å². The highest BCUT2D eigenvalue weighted by molar-refractivity contribution is 7.99. The van der Waals surface area contributed by atoms with Crippen molar-refractivity contribution >= 4 is 22.6 Å². The number of unbranched alkanes of at least 4 members (excludes halogenated alkanes) is 1. The van der Waals surface area contributed by atoms with Crippen LogP contribution in [0.15, 0.2) is 65.7 Å². The molecular weight excluding hydrogens is 452 g/mol. The van der Waals surface area contributed by atoms with Crippen LogP contribution in [-0.2, 0) is 10.8 Å². The van der Waals surface area contributed by atoms with Gasteiger partial charge in [-0.25, -0.2) is 4.98 Å². The Bertz CT molecular complexity index is 1110. The lowest BCUT2D eigenvalue weighted by Crippen LogP contribution is -2.21. The molecule has 0 aliphatic carbocycles. The third-order valence-electron chi connectivity index (χ3n) is 5.08. The molecule has 3 rings (SSSR count). The number of thioether (sulfide) groups is 1. The first-order chi connectivity index (χ1) is 16.0. The maximum absolute atomic E-state index is 12.1. The zero-order valence-corrected chi connectivity index (χ0v) is 20.5. The number of ether oxygens (including phenoxy) is 1. The van der Waals surface area contributed by atoms with Crippen molar-refractivity contribution in [1.29, 1.82) is 5.26 Å². The summed E-state index contributed by atoms with van der Waals surface area (Å²) in [4.78, 5) is 4.77. The molecule has 0 bridgehead atoms. The number of pyridine rings is 1. The van der Waals surface area contributed by atoms with Crippen molar-refractivity contribution in [2.24, 2.45) is 0 Å². The van der Waals surface area contributed by atoms with Crippen LogP contribution in [0.3, 0.4) is 0 Å². The molecule has 7 heteroatoms. The van der Waals surface area contributed by atoms with Gasteiger partial charge in [-0.1, -0.05) is 43.7 Å². The van der Waals surface area contributed by atoms with Gasteiger partial charge in [-0.2, -0.15) is 5.26 Å². The first-order valence-electron chi connectivity index (χ1n) is 10.9. The first kappa shape index (κ1) is 25.0. The summed E-state index contributed by atoms with van der Waals surface area (Å²) in [6, 6.07) is 21.6. The Morgan fingerprint density at radius 2 is 1.88 bits per heavy atom. The number of aromatic nitrogens is 1. The molecule has 0 fully saturated rings. The van der Waals surface area contributed by atoms with Crippen molar-refractivity contribution in [3.05, 3.63) is 66.2 Å². The molecule has 1 heterocycles. The zero-order valence-electron chi connectivity index (χ0n) is 18.9. The molecule has 0 spiro atoms. The fourth-order valence-electron chi connectivity index (χ4n) is 3.32. The van der Waals surface area contributed by atoms with Gasteiger partial charge in [0.1, 0.15) is 16.8 Å². The number of nitrogens with zero attached hydrogens (tertiary/aromatic N) is 2. The van der Waals surface area contributed by atoms with Gasteiger partial charge < -0.3 is 9.84 Å². The zero-order chi connectivity index (χ0) is 23.6. The van der Waals surface area contributed by atoms with Crippen molar-refractivity contribution in [1.82, 2.24) is 4.98 Å². The minimum Gasteiger partial charge on any atom is -0.497 e. The van der Waals surface area contributed by atoms with Gasteiger partial charge in [-0.05, 0) is 42.3 Å². The van der Waals surface area contributed by atoms with Crippen LogP contribution >= 0.6 is 11.8 Å². The Hall–Kier alpha value is -2.66. The average molecular weight is 481 g/mol. The van der Waals surface area contributed by atoms with Crippen LogP contribution in [0, 0.1) is 11.3 Å². The quantitative estimate of drug-likeness (QED) is 0.375. The van der Waals surface area contributed by atoms with E-state index in [9.17, 15) is 14.6 Å². The topological polar surface area (TPSA) is 83.2 Å². The van der Waals surface area contributed by atoms with Crippen LogP contribution in [-0.4, -0.2) is 44.8 Å². The van der Waals surface area contributed by atoms with E-state index in [1.807, 2.05) is 60.7 Å². The van der Waals surface area contributed by atoms with Crippen LogP contribution < -0.4 is 4.74 Å². The highest BCUT2D eigenvalue weighted by Crippen LogP contribution is 2.34. The minimum absolute atomic E-state index is 0.235. The van der Waals surface area contributed by atoms with E-state index in [4.69, 9.17) is 9.72 Å². The third-order valence-corrected chi connectivity index (χ3v) is 7.71. The van der Waals surface area contributed by atoms with E-state index in [0.29, 0.717) is 22.1 Å². The Morgan fingerprint density at radius 1 is 1.15 bits per heavy atom. The predicted molar refractivity (Wildman–Crippen MR) is 136 cm³/mol. The molecule has 0 aliphatic heterocycles. The summed E-state index contributed by atoms with van der Waals surface area (Å²) in [7, 11) is 0.576. The van der Waals surface area contributed by atoms with Gasteiger partial charge >= 0.3 is 0 Å². The Morgan fingerprint density at radius 3 is 2.52 bits per heavy atom. The van der Waals surface area contributed by atoms with E-state index in [2.05, 4.69) is 13.0 Å². The van der Waals surface area contributed by atoms with Gasteiger partial charge in [-0.3, -0.25) is 4.21 Å². The fourth-order valence-corrected chi connectivity index (χ4v) is 5.72. The monoisotopic (exact) mass is 480 g/mol. The summed E-state index contributed by atoms with van der Waals surface area (Å²) in [5, 5.41) is 21.0. The van der Waals surface area contributed by atoms with Crippen molar-refractivity contribution in [2.45, 2.75) is 30.9 Å². The van der Waals surface area contributed by atoms with E-state index in [1.165, 1.54) is 11.8 Å². The van der Waals surface area contributed by atoms with Crippen molar-refractivity contribution in [2.75, 3.05) is 24.4 Å². The summed E-state index contributed by atoms with van der Waals surface area (Å²) in [6.07, 6.45) is 1.13. The first-order valence-corrected chi connectivity index (χ1v) is 13.3. The lowest BCUT2D eigenvalue weighted by Gasteiger charge is -2.14. The molecule has 2 aromatic carbocycles. The number of benzene rings is 2. The van der Waals surface area contributed by atoms with Gasteiger partial charge in [0.2, 0.25) is 0 Å². The van der Waals surface area contributed by atoms with Crippen LogP contribution in [0.4, 0.5) is 0 Å². The van der Waals surface area contributed by atoms with E-state index in [1.54, 1.807) is 7.11 Å². The third kappa shape index (κ3) is 6.91. The molecule has 0 saturated heterocycles. The maximum atomic E-state index is 12.1. The van der Waals surface area contributed by atoms with Crippen molar-refractivity contribution in [3.8, 4) is 34.2 Å². The Balaban J connectivity index is 1.93.